The lowest BCUT2D eigenvalue weighted by atomic mass is 10.3. The maximum atomic E-state index is 5.83. The van der Waals surface area contributed by atoms with Gasteiger partial charge in [0.15, 0.2) is 5.96 Å². The van der Waals surface area contributed by atoms with E-state index >= 15 is 0 Å². The van der Waals surface area contributed by atoms with E-state index in [0.29, 0.717) is 17.4 Å². The summed E-state index contributed by atoms with van der Waals surface area (Å²) in [5, 5.41) is 3.11. The molecule has 2 aliphatic rings. The molecule has 3 nitrogen and oxygen atoms in total. The lowest BCUT2D eigenvalue weighted by Crippen LogP contribution is -2.23. The van der Waals surface area contributed by atoms with Crippen molar-refractivity contribution in [3.05, 3.63) is 30.3 Å². The second-order valence-electron chi connectivity index (χ2n) is 4.59. The zero-order chi connectivity index (χ0) is 10.3. The molecule has 1 unspecified atom stereocenters. The summed E-state index contributed by atoms with van der Waals surface area (Å²) >= 11 is 0. The zero-order valence-electron chi connectivity index (χ0n) is 9.02. The number of halogens is 1. The molecule has 2 aliphatic carbocycles. The van der Waals surface area contributed by atoms with E-state index in [4.69, 9.17) is 5.73 Å². The van der Waals surface area contributed by atoms with E-state index in [9.17, 15) is 0 Å². The van der Waals surface area contributed by atoms with Crippen LogP contribution in [0.2, 0.25) is 0 Å². The third-order valence-electron chi connectivity index (χ3n) is 3.38. The predicted octanol–water partition coefficient (Wildman–Crippen LogP) is 2.58. The number of para-hydroxylation sites is 1. The van der Waals surface area contributed by atoms with Crippen molar-refractivity contribution in [2.24, 2.45) is 16.1 Å². The van der Waals surface area contributed by atoms with E-state index < -0.39 is 0 Å². The van der Waals surface area contributed by atoms with E-state index in [1.165, 1.54) is 19.3 Å². The van der Waals surface area contributed by atoms with Gasteiger partial charge in [0.1, 0.15) is 0 Å². The van der Waals surface area contributed by atoms with Crippen molar-refractivity contribution in [1.82, 2.24) is 0 Å². The fraction of sp³-hybridized carbons (Fsp3) is 0.417. The van der Waals surface area contributed by atoms with Gasteiger partial charge in [-0.1, -0.05) is 18.2 Å². The van der Waals surface area contributed by atoms with Crippen LogP contribution in [0.4, 0.5) is 5.69 Å². The maximum absolute atomic E-state index is 5.83. The number of nitrogens with one attached hydrogen (secondary N) is 1. The summed E-state index contributed by atoms with van der Waals surface area (Å²) in [5.74, 6) is 0.551. The predicted molar refractivity (Wildman–Crippen MR) is 77.2 cm³/mol. The Balaban J connectivity index is 0.000000963. The molecule has 1 spiro atoms. The van der Waals surface area contributed by atoms with Crippen molar-refractivity contribution in [2.45, 2.75) is 25.3 Å². The number of anilines is 1. The van der Waals surface area contributed by atoms with Crippen LogP contribution in [0, 0.1) is 5.41 Å². The molecule has 16 heavy (non-hydrogen) atoms. The summed E-state index contributed by atoms with van der Waals surface area (Å²) in [6.07, 6.45) is 3.93. The summed E-state index contributed by atoms with van der Waals surface area (Å²) in [4.78, 5) is 4.48. The summed E-state index contributed by atoms with van der Waals surface area (Å²) in [5.41, 5.74) is 7.42. The van der Waals surface area contributed by atoms with E-state index in [2.05, 4.69) is 10.3 Å². The summed E-state index contributed by atoms with van der Waals surface area (Å²) in [7, 11) is 0. The second kappa shape index (κ2) is 4.24. The standard InChI is InChI=1S/C12H15N3.HI/c13-11(14-9-4-2-1-3-5-9)15-10-8-12(10)6-7-12;/h1-5,10H,6-8H2,(H3,13,14,15);1H. The molecule has 3 rings (SSSR count). The van der Waals surface area contributed by atoms with Gasteiger partial charge in [0.25, 0.3) is 0 Å². The molecule has 0 saturated heterocycles. The van der Waals surface area contributed by atoms with Crippen LogP contribution in [-0.4, -0.2) is 12.0 Å². The van der Waals surface area contributed by atoms with Crippen LogP contribution in [0.15, 0.2) is 35.3 Å². The van der Waals surface area contributed by atoms with Crippen molar-refractivity contribution >= 4 is 35.6 Å². The number of nitrogens with zero attached hydrogens (tertiary/aromatic N) is 1. The fourth-order valence-corrected chi connectivity index (χ4v) is 2.08. The highest BCUT2D eigenvalue weighted by Gasteiger charge is 2.63. The van der Waals surface area contributed by atoms with Gasteiger partial charge < -0.3 is 11.1 Å². The van der Waals surface area contributed by atoms with Gasteiger partial charge >= 0.3 is 0 Å². The monoisotopic (exact) mass is 329 g/mol. The molecule has 86 valence electrons. The average molecular weight is 329 g/mol. The topological polar surface area (TPSA) is 50.4 Å². The Bertz CT molecular complexity index is 398. The number of nitrogens with two attached hydrogens (primary N) is 1. The Kier molecular flexibility index (Phi) is 3.10. The molecular weight excluding hydrogens is 313 g/mol. The quantitative estimate of drug-likeness (QED) is 0.498. The van der Waals surface area contributed by atoms with Gasteiger partial charge in [-0.2, -0.15) is 0 Å². The highest BCUT2D eigenvalue weighted by molar-refractivity contribution is 14.0. The van der Waals surface area contributed by atoms with Gasteiger partial charge in [-0.15, -0.1) is 24.0 Å². The van der Waals surface area contributed by atoms with E-state index in [1.807, 2.05) is 30.3 Å². The van der Waals surface area contributed by atoms with Gasteiger partial charge in [-0.3, -0.25) is 0 Å². The smallest absolute Gasteiger partial charge is 0.193 e. The van der Waals surface area contributed by atoms with Crippen LogP contribution < -0.4 is 11.1 Å². The fourth-order valence-electron chi connectivity index (χ4n) is 2.08. The minimum Gasteiger partial charge on any atom is -0.370 e. The van der Waals surface area contributed by atoms with Gasteiger partial charge in [0.05, 0.1) is 6.04 Å². The van der Waals surface area contributed by atoms with Crippen LogP contribution in [0.1, 0.15) is 19.3 Å². The van der Waals surface area contributed by atoms with Gasteiger partial charge in [0.2, 0.25) is 0 Å². The highest BCUT2D eigenvalue weighted by Crippen LogP contribution is 2.67. The molecule has 1 aromatic rings. The van der Waals surface area contributed by atoms with Crippen LogP contribution in [-0.2, 0) is 0 Å². The molecule has 0 heterocycles. The van der Waals surface area contributed by atoms with Crippen molar-refractivity contribution < 1.29 is 0 Å². The molecule has 0 radical (unpaired) electrons. The highest BCUT2D eigenvalue weighted by atomic mass is 127. The van der Waals surface area contributed by atoms with Crippen molar-refractivity contribution in [3.63, 3.8) is 0 Å². The molecule has 4 heteroatoms. The SMILES string of the molecule is I.NC(=NC1CC12CC2)Nc1ccccc1. The van der Waals surface area contributed by atoms with Crippen molar-refractivity contribution in [1.29, 1.82) is 0 Å². The Labute approximate surface area is 113 Å². The third kappa shape index (κ3) is 2.31. The normalized spacial score (nSPS) is 24.8. The van der Waals surface area contributed by atoms with Crippen molar-refractivity contribution in [3.8, 4) is 0 Å². The van der Waals surface area contributed by atoms with Crippen LogP contribution in [0.3, 0.4) is 0 Å². The third-order valence-corrected chi connectivity index (χ3v) is 3.38. The molecule has 0 bridgehead atoms. The molecule has 3 N–H and O–H groups in total. The summed E-state index contributed by atoms with van der Waals surface area (Å²) in [6.45, 7) is 0. The molecule has 1 atom stereocenters. The molecular formula is C12H16IN3. The van der Waals surface area contributed by atoms with Crippen molar-refractivity contribution in [2.75, 3.05) is 5.32 Å². The summed E-state index contributed by atoms with van der Waals surface area (Å²) < 4.78 is 0. The molecule has 2 fully saturated rings. The zero-order valence-corrected chi connectivity index (χ0v) is 11.3. The molecule has 0 aliphatic heterocycles. The van der Waals surface area contributed by atoms with Crippen LogP contribution >= 0.6 is 24.0 Å². The van der Waals surface area contributed by atoms with Crippen LogP contribution in [0.25, 0.3) is 0 Å². The Hall–Kier alpha value is -0.780. The van der Waals surface area contributed by atoms with E-state index in [0.717, 1.165) is 5.69 Å². The minimum atomic E-state index is 0. The Morgan fingerprint density at radius 3 is 2.56 bits per heavy atom. The van der Waals surface area contributed by atoms with Crippen LogP contribution in [0.5, 0.6) is 0 Å². The first-order valence-corrected chi connectivity index (χ1v) is 5.44. The molecule has 2 saturated carbocycles. The lowest BCUT2D eigenvalue weighted by molar-refractivity contribution is 0.825. The Morgan fingerprint density at radius 2 is 2.00 bits per heavy atom. The number of guanidine groups is 1. The van der Waals surface area contributed by atoms with Gasteiger partial charge in [-0.05, 0) is 36.8 Å². The van der Waals surface area contributed by atoms with Gasteiger partial charge in [0, 0.05) is 5.69 Å². The lowest BCUT2D eigenvalue weighted by Gasteiger charge is -2.04. The molecule has 1 aromatic carbocycles. The summed E-state index contributed by atoms with van der Waals surface area (Å²) in [6, 6.07) is 10.4. The molecule has 0 aromatic heterocycles. The number of benzene rings is 1. The number of aliphatic imine (C=N–C) groups is 1. The first-order valence-electron chi connectivity index (χ1n) is 5.44. The number of rotatable bonds is 2. The number of hydrogen-bond donors (Lipinski definition) is 2. The first-order chi connectivity index (χ1) is 7.28. The first kappa shape index (κ1) is 11.7. The largest absolute Gasteiger partial charge is 0.370 e. The second-order valence-corrected chi connectivity index (χ2v) is 4.59. The number of hydrogen-bond acceptors (Lipinski definition) is 1. The van der Waals surface area contributed by atoms with Gasteiger partial charge in [-0.25, -0.2) is 4.99 Å². The van der Waals surface area contributed by atoms with E-state index in [-0.39, 0.29) is 24.0 Å². The average Bonchev–Trinajstić information content (AvgIpc) is 3.11. The molecule has 0 amide bonds. The maximum Gasteiger partial charge on any atom is 0.193 e. The Morgan fingerprint density at radius 1 is 1.31 bits per heavy atom. The van der Waals surface area contributed by atoms with E-state index in [1.54, 1.807) is 0 Å². The minimum absolute atomic E-state index is 0.